The zero-order valence-corrected chi connectivity index (χ0v) is 10.2. The number of hydrogen-bond acceptors (Lipinski definition) is 4. The highest BCUT2D eigenvalue weighted by molar-refractivity contribution is 5.97. The van der Waals surface area contributed by atoms with E-state index in [0.29, 0.717) is 12.1 Å². The fraction of sp³-hybridized carbons (Fsp3) is 0.273. The van der Waals surface area contributed by atoms with Crippen LogP contribution in [0.2, 0.25) is 0 Å². The molecule has 0 unspecified atom stereocenters. The molecule has 0 aliphatic heterocycles. The molecule has 1 aromatic rings. The minimum atomic E-state index is -1.65. The Morgan fingerprint density at radius 3 is 2.50 bits per heavy atom. The van der Waals surface area contributed by atoms with Gasteiger partial charge in [0.15, 0.2) is 0 Å². The normalized spacial score (nSPS) is 11.8. The van der Waals surface area contributed by atoms with Gasteiger partial charge in [-0.2, -0.15) is 4.39 Å². The number of nitrogens with one attached hydrogen (secondary N) is 1. The lowest BCUT2D eigenvalue weighted by Gasteiger charge is -2.12. The lowest BCUT2D eigenvalue weighted by atomic mass is 10.1. The molecule has 0 radical (unpaired) electrons. The number of carbonyl (C=O) groups is 2. The van der Waals surface area contributed by atoms with Crippen molar-refractivity contribution >= 4 is 17.6 Å². The van der Waals surface area contributed by atoms with E-state index in [1.165, 1.54) is 6.92 Å². The summed E-state index contributed by atoms with van der Waals surface area (Å²) in [4.78, 5) is 31.8. The van der Waals surface area contributed by atoms with Crippen LogP contribution in [0.15, 0.2) is 12.1 Å². The minimum absolute atomic E-state index is 0.0146. The molecule has 0 aliphatic rings. The van der Waals surface area contributed by atoms with Gasteiger partial charge in [-0.1, -0.05) is 6.92 Å². The quantitative estimate of drug-likeness (QED) is 0.629. The van der Waals surface area contributed by atoms with E-state index in [1.54, 1.807) is 0 Å². The zero-order chi connectivity index (χ0) is 15.4. The van der Waals surface area contributed by atoms with E-state index < -0.39 is 45.7 Å². The molecule has 0 fully saturated rings. The summed E-state index contributed by atoms with van der Waals surface area (Å²) in [6.45, 7) is 1.44. The van der Waals surface area contributed by atoms with Gasteiger partial charge in [-0.25, -0.2) is 9.18 Å². The second-order valence-corrected chi connectivity index (χ2v) is 3.79. The molecule has 108 valence electrons. The average molecular weight is 288 g/mol. The second-order valence-electron chi connectivity index (χ2n) is 3.79. The summed E-state index contributed by atoms with van der Waals surface area (Å²) < 4.78 is 27.1. The summed E-state index contributed by atoms with van der Waals surface area (Å²) in [5.74, 6) is -5.70. The first-order chi connectivity index (χ1) is 9.29. The van der Waals surface area contributed by atoms with E-state index in [0.717, 1.165) is 0 Å². The lowest BCUT2D eigenvalue weighted by Crippen LogP contribution is -2.41. The predicted octanol–water partition coefficient (Wildman–Crippen LogP) is 1.47. The van der Waals surface area contributed by atoms with Gasteiger partial charge in [0.25, 0.3) is 5.91 Å². The number of carboxylic acids is 1. The Balaban J connectivity index is 3.19. The van der Waals surface area contributed by atoms with Crippen LogP contribution >= 0.6 is 0 Å². The summed E-state index contributed by atoms with van der Waals surface area (Å²) in [5.41, 5.74) is -2.25. The van der Waals surface area contributed by atoms with Crippen molar-refractivity contribution in [1.82, 2.24) is 5.32 Å². The van der Waals surface area contributed by atoms with Crippen molar-refractivity contribution in [2.24, 2.45) is 0 Å². The van der Waals surface area contributed by atoms with Crippen LogP contribution in [0.5, 0.6) is 0 Å². The van der Waals surface area contributed by atoms with Crippen LogP contribution in [0.3, 0.4) is 0 Å². The number of rotatable bonds is 5. The molecule has 0 spiro atoms. The summed E-state index contributed by atoms with van der Waals surface area (Å²) >= 11 is 0. The topological polar surface area (TPSA) is 110 Å². The van der Waals surface area contributed by atoms with Crippen LogP contribution in [-0.2, 0) is 4.79 Å². The van der Waals surface area contributed by atoms with Gasteiger partial charge in [0.05, 0.1) is 4.92 Å². The molecular formula is C11H10F2N2O5. The molecule has 0 saturated heterocycles. The lowest BCUT2D eigenvalue weighted by molar-refractivity contribution is -0.387. The van der Waals surface area contributed by atoms with E-state index in [9.17, 15) is 28.5 Å². The van der Waals surface area contributed by atoms with Crippen LogP contribution in [-0.4, -0.2) is 27.9 Å². The molecule has 1 atom stereocenters. The Morgan fingerprint density at radius 1 is 1.45 bits per heavy atom. The number of aliphatic carboxylic acids is 1. The molecule has 0 saturated carbocycles. The van der Waals surface area contributed by atoms with Crippen LogP contribution in [0.1, 0.15) is 23.7 Å². The van der Waals surface area contributed by atoms with Gasteiger partial charge < -0.3 is 10.4 Å². The summed E-state index contributed by atoms with van der Waals surface area (Å²) in [6.07, 6.45) is -0.0146. The van der Waals surface area contributed by atoms with Gasteiger partial charge in [-0.3, -0.25) is 14.9 Å². The molecule has 0 heterocycles. The highest BCUT2D eigenvalue weighted by Crippen LogP contribution is 2.23. The van der Waals surface area contributed by atoms with Crippen molar-refractivity contribution in [3.8, 4) is 0 Å². The Hall–Kier alpha value is -2.58. The highest BCUT2D eigenvalue weighted by atomic mass is 19.1. The molecule has 1 amide bonds. The first kappa shape index (κ1) is 15.5. The molecule has 0 bridgehead atoms. The molecule has 7 nitrogen and oxygen atoms in total. The molecular weight excluding hydrogens is 278 g/mol. The van der Waals surface area contributed by atoms with Crippen molar-refractivity contribution in [1.29, 1.82) is 0 Å². The number of carbonyl (C=O) groups excluding carboxylic acids is 1. The third-order valence-electron chi connectivity index (χ3n) is 2.51. The van der Waals surface area contributed by atoms with Gasteiger partial charge in [0, 0.05) is 6.07 Å². The molecule has 2 N–H and O–H groups in total. The highest BCUT2D eigenvalue weighted by Gasteiger charge is 2.28. The summed E-state index contributed by atoms with van der Waals surface area (Å²) in [6, 6.07) is -0.200. The largest absolute Gasteiger partial charge is 0.480 e. The Kier molecular flexibility index (Phi) is 4.68. The average Bonchev–Trinajstić information content (AvgIpc) is 2.35. The molecule has 0 aliphatic carbocycles. The number of nitro benzene ring substituents is 1. The van der Waals surface area contributed by atoms with Gasteiger partial charge in [0.2, 0.25) is 5.82 Å². The van der Waals surface area contributed by atoms with Crippen molar-refractivity contribution in [2.45, 2.75) is 19.4 Å². The van der Waals surface area contributed by atoms with E-state index in [4.69, 9.17) is 5.11 Å². The predicted molar refractivity (Wildman–Crippen MR) is 62.2 cm³/mol. The third kappa shape index (κ3) is 3.05. The second kappa shape index (κ2) is 6.04. The van der Waals surface area contributed by atoms with Crippen molar-refractivity contribution in [3.63, 3.8) is 0 Å². The maximum Gasteiger partial charge on any atom is 0.326 e. The number of halogens is 2. The zero-order valence-electron chi connectivity index (χ0n) is 10.2. The maximum absolute atomic E-state index is 13.7. The molecule has 9 heteroatoms. The van der Waals surface area contributed by atoms with Gasteiger partial charge >= 0.3 is 11.7 Å². The van der Waals surface area contributed by atoms with E-state index >= 15 is 0 Å². The Labute approximate surface area is 111 Å². The fourth-order valence-electron chi connectivity index (χ4n) is 1.46. The monoisotopic (exact) mass is 288 g/mol. The van der Waals surface area contributed by atoms with E-state index in [-0.39, 0.29) is 6.42 Å². The number of nitro groups is 1. The van der Waals surface area contributed by atoms with Crippen molar-refractivity contribution < 1.29 is 28.4 Å². The number of benzene rings is 1. The molecule has 1 aromatic carbocycles. The number of carboxylic acid groups (broad SMARTS) is 1. The molecule has 1 rings (SSSR count). The smallest absolute Gasteiger partial charge is 0.326 e. The SMILES string of the molecule is CC[C@H](NC(=O)c1c(F)ccc([N+](=O)[O-])c1F)C(=O)O. The third-order valence-corrected chi connectivity index (χ3v) is 2.51. The Bertz CT molecular complexity index is 576. The number of amides is 1. The molecule has 20 heavy (non-hydrogen) atoms. The standard InChI is InChI=1S/C11H10F2N2O5/c1-2-6(11(17)18)14-10(16)8-5(12)3-4-7(9(8)13)15(19)20/h3-4,6H,2H2,1H3,(H,14,16)(H,17,18)/t6-/m0/s1. The van der Waals surface area contributed by atoms with E-state index in [1.807, 2.05) is 5.32 Å². The van der Waals surface area contributed by atoms with Crippen LogP contribution < -0.4 is 5.32 Å². The van der Waals surface area contributed by atoms with Crippen LogP contribution in [0.4, 0.5) is 14.5 Å². The van der Waals surface area contributed by atoms with Crippen LogP contribution in [0.25, 0.3) is 0 Å². The summed E-state index contributed by atoms with van der Waals surface area (Å²) in [5, 5.41) is 21.1. The van der Waals surface area contributed by atoms with Crippen molar-refractivity contribution in [3.05, 3.63) is 39.4 Å². The van der Waals surface area contributed by atoms with Crippen LogP contribution in [0, 0.1) is 21.7 Å². The minimum Gasteiger partial charge on any atom is -0.480 e. The fourth-order valence-corrected chi connectivity index (χ4v) is 1.46. The Morgan fingerprint density at radius 2 is 2.05 bits per heavy atom. The van der Waals surface area contributed by atoms with E-state index in [2.05, 4.69) is 0 Å². The number of hydrogen-bond donors (Lipinski definition) is 2. The molecule has 0 aromatic heterocycles. The van der Waals surface area contributed by atoms with Crippen molar-refractivity contribution in [2.75, 3.05) is 0 Å². The van der Waals surface area contributed by atoms with Gasteiger partial charge in [-0.05, 0) is 12.5 Å². The van der Waals surface area contributed by atoms with Gasteiger partial charge in [0.1, 0.15) is 17.4 Å². The number of nitrogens with zero attached hydrogens (tertiary/aromatic N) is 1. The van der Waals surface area contributed by atoms with Gasteiger partial charge in [-0.15, -0.1) is 0 Å². The maximum atomic E-state index is 13.7. The first-order valence-corrected chi connectivity index (χ1v) is 5.45. The summed E-state index contributed by atoms with van der Waals surface area (Å²) in [7, 11) is 0. The first-order valence-electron chi connectivity index (χ1n) is 5.45.